The Morgan fingerprint density at radius 3 is 2.55 bits per heavy atom. The normalized spacial score (nSPS) is 11.8. The van der Waals surface area contributed by atoms with E-state index in [1.54, 1.807) is 6.92 Å². The number of anilines is 1. The Morgan fingerprint density at radius 2 is 2.00 bits per heavy atom. The third-order valence-electron chi connectivity index (χ3n) is 2.44. The molecule has 1 rings (SSSR count). The summed E-state index contributed by atoms with van der Waals surface area (Å²) in [6, 6.07) is -0.324. The molecule has 0 saturated heterocycles. The fraction of sp³-hybridized carbons (Fsp3) is 0.333. The summed E-state index contributed by atoms with van der Waals surface area (Å²) in [6.07, 6.45) is 0.790. The molecule has 0 aromatic heterocycles. The van der Waals surface area contributed by atoms with Crippen molar-refractivity contribution in [3.63, 3.8) is 0 Å². The van der Waals surface area contributed by atoms with Gasteiger partial charge in [0.05, 0.1) is 10.2 Å². The molecule has 0 fully saturated rings. The molecule has 0 spiro atoms. The molecule has 5 nitrogen and oxygen atoms in total. The minimum atomic E-state index is -1.19. The van der Waals surface area contributed by atoms with Crippen LogP contribution >= 0.6 is 15.9 Å². The van der Waals surface area contributed by atoms with Crippen molar-refractivity contribution in [3.05, 3.63) is 28.2 Å². The molecule has 0 aliphatic carbocycles. The van der Waals surface area contributed by atoms with Crippen molar-refractivity contribution in [2.45, 2.75) is 25.8 Å². The van der Waals surface area contributed by atoms with E-state index in [-0.39, 0.29) is 16.6 Å². The number of urea groups is 1. The van der Waals surface area contributed by atoms with Gasteiger partial charge in [-0.1, -0.05) is 13.3 Å². The Hall–Kier alpha value is -1.70. The molecule has 1 atom stereocenters. The van der Waals surface area contributed by atoms with Crippen LogP contribution in [0.5, 0.6) is 0 Å². The number of hydrogen-bond donors (Lipinski definition) is 3. The summed E-state index contributed by atoms with van der Waals surface area (Å²) >= 11 is 2.81. The lowest BCUT2D eigenvalue weighted by atomic mass is 10.2. The summed E-state index contributed by atoms with van der Waals surface area (Å²) in [5, 5.41) is 13.1. The van der Waals surface area contributed by atoms with E-state index in [9.17, 15) is 18.4 Å². The number of benzene rings is 1. The number of halogens is 3. The lowest BCUT2D eigenvalue weighted by molar-refractivity contribution is -0.139. The van der Waals surface area contributed by atoms with Gasteiger partial charge in [0, 0.05) is 6.07 Å². The maximum Gasteiger partial charge on any atom is 0.326 e. The lowest BCUT2D eigenvalue weighted by Crippen LogP contribution is -2.43. The number of carbonyl (C=O) groups excluding carboxylic acids is 1. The van der Waals surface area contributed by atoms with Crippen molar-refractivity contribution in [1.82, 2.24) is 5.32 Å². The lowest BCUT2D eigenvalue weighted by Gasteiger charge is -2.14. The van der Waals surface area contributed by atoms with Crippen LogP contribution in [0.25, 0.3) is 0 Å². The number of carboxylic acid groups (broad SMARTS) is 1. The largest absolute Gasteiger partial charge is 0.480 e. The van der Waals surface area contributed by atoms with E-state index in [1.807, 2.05) is 0 Å². The molecule has 0 saturated carbocycles. The second-order valence-electron chi connectivity index (χ2n) is 4.02. The van der Waals surface area contributed by atoms with Crippen LogP contribution in [-0.4, -0.2) is 23.1 Å². The van der Waals surface area contributed by atoms with E-state index in [1.165, 1.54) is 0 Å². The zero-order valence-electron chi connectivity index (χ0n) is 10.5. The molecule has 8 heteroatoms. The fourth-order valence-electron chi connectivity index (χ4n) is 1.48. The smallest absolute Gasteiger partial charge is 0.326 e. The van der Waals surface area contributed by atoms with E-state index >= 15 is 0 Å². The topological polar surface area (TPSA) is 78.4 Å². The van der Waals surface area contributed by atoms with Gasteiger partial charge >= 0.3 is 12.0 Å². The molecule has 2 amide bonds. The summed E-state index contributed by atoms with van der Waals surface area (Å²) in [7, 11) is 0. The highest BCUT2D eigenvalue weighted by atomic mass is 79.9. The second-order valence-corrected chi connectivity index (χ2v) is 4.88. The Bertz CT molecular complexity index is 526. The van der Waals surface area contributed by atoms with Gasteiger partial charge in [-0.15, -0.1) is 0 Å². The third-order valence-corrected chi connectivity index (χ3v) is 3.05. The monoisotopic (exact) mass is 350 g/mol. The molecule has 0 bridgehead atoms. The van der Waals surface area contributed by atoms with Crippen LogP contribution in [0.15, 0.2) is 16.6 Å². The quantitative estimate of drug-likeness (QED) is 0.714. The maximum absolute atomic E-state index is 13.5. The molecule has 1 unspecified atom stereocenters. The van der Waals surface area contributed by atoms with Crippen LogP contribution in [0.3, 0.4) is 0 Å². The van der Waals surface area contributed by atoms with Gasteiger partial charge in [-0.05, 0) is 28.4 Å². The number of nitrogens with one attached hydrogen (secondary N) is 2. The van der Waals surface area contributed by atoms with Gasteiger partial charge in [-0.2, -0.15) is 0 Å². The second kappa shape index (κ2) is 7.18. The van der Waals surface area contributed by atoms with Crippen LogP contribution in [0.1, 0.15) is 19.8 Å². The number of amides is 2. The first kappa shape index (κ1) is 16.4. The zero-order valence-corrected chi connectivity index (χ0v) is 12.1. The highest BCUT2D eigenvalue weighted by Gasteiger charge is 2.19. The molecule has 0 radical (unpaired) electrons. The number of hydrogen-bond acceptors (Lipinski definition) is 2. The van der Waals surface area contributed by atoms with Crippen LogP contribution in [-0.2, 0) is 4.79 Å². The minimum absolute atomic E-state index is 0.0737. The Morgan fingerprint density at radius 1 is 1.35 bits per heavy atom. The van der Waals surface area contributed by atoms with Crippen molar-refractivity contribution in [3.8, 4) is 0 Å². The van der Waals surface area contributed by atoms with E-state index < -0.39 is 29.7 Å². The standard InChI is InChI=1S/C12H13BrF2N2O3/c1-2-3-9(11(18)19)16-12(20)17-10-5-7(14)6(13)4-8(10)15/h4-5,9H,2-3H2,1H3,(H,18,19)(H2,16,17,20). The van der Waals surface area contributed by atoms with Gasteiger partial charge < -0.3 is 15.7 Å². The van der Waals surface area contributed by atoms with E-state index in [0.29, 0.717) is 6.42 Å². The highest BCUT2D eigenvalue weighted by molar-refractivity contribution is 9.10. The Kier molecular flexibility index (Phi) is 5.87. The molecule has 0 aliphatic rings. The Labute approximate surface area is 122 Å². The van der Waals surface area contributed by atoms with Crippen LogP contribution in [0, 0.1) is 11.6 Å². The van der Waals surface area contributed by atoms with Gasteiger partial charge in [0.1, 0.15) is 17.7 Å². The molecule has 0 heterocycles. The summed E-state index contributed by atoms with van der Waals surface area (Å²) in [6.45, 7) is 1.76. The van der Waals surface area contributed by atoms with Crippen molar-refractivity contribution in [2.24, 2.45) is 0 Å². The van der Waals surface area contributed by atoms with Crippen LogP contribution in [0.4, 0.5) is 19.3 Å². The van der Waals surface area contributed by atoms with Crippen molar-refractivity contribution in [2.75, 3.05) is 5.32 Å². The summed E-state index contributed by atoms with van der Waals surface area (Å²) in [4.78, 5) is 22.4. The summed E-state index contributed by atoms with van der Waals surface area (Å²) in [5.74, 6) is -2.77. The average Bonchev–Trinajstić information content (AvgIpc) is 2.35. The first-order chi connectivity index (χ1) is 9.35. The van der Waals surface area contributed by atoms with Gasteiger partial charge in [0.15, 0.2) is 0 Å². The van der Waals surface area contributed by atoms with E-state index in [4.69, 9.17) is 5.11 Å². The Balaban J connectivity index is 2.75. The van der Waals surface area contributed by atoms with Crippen LogP contribution in [0.2, 0.25) is 0 Å². The third kappa shape index (κ3) is 4.44. The highest BCUT2D eigenvalue weighted by Crippen LogP contribution is 2.23. The molecule has 3 N–H and O–H groups in total. The number of aliphatic carboxylic acids is 1. The fourth-order valence-corrected chi connectivity index (χ4v) is 1.80. The average molecular weight is 351 g/mol. The number of carbonyl (C=O) groups is 2. The van der Waals surface area contributed by atoms with Gasteiger partial charge in [-0.3, -0.25) is 0 Å². The van der Waals surface area contributed by atoms with Gasteiger partial charge in [0.2, 0.25) is 0 Å². The van der Waals surface area contributed by atoms with E-state index in [0.717, 1.165) is 12.1 Å². The number of rotatable bonds is 5. The molecule has 1 aromatic rings. The minimum Gasteiger partial charge on any atom is -0.480 e. The van der Waals surface area contributed by atoms with Crippen molar-refractivity contribution >= 4 is 33.6 Å². The van der Waals surface area contributed by atoms with Gasteiger partial charge in [0.25, 0.3) is 0 Å². The molecule has 110 valence electrons. The first-order valence-corrected chi connectivity index (χ1v) is 6.59. The summed E-state index contributed by atoms with van der Waals surface area (Å²) < 4.78 is 26.6. The molecule has 0 aliphatic heterocycles. The molecular weight excluding hydrogens is 338 g/mol. The summed E-state index contributed by atoms with van der Waals surface area (Å²) in [5.41, 5.74) is -0.371. The zero-order chi connectivity index (χ0) is 15.3. The van der Waals surface area contributed by atoms with Crippen molar-refractivity contribution < 1.29 is 23.5 Å². The van der Waals surface area contributed by atoms with Crippen LogP contribution < -0.4 is 10.6 Å². The predicted octanol–water partition coefficient (Wildman–Crippen LogP) is 3.10. The van der Waals surface area contributed by atoms with Crippen molar-refractivity contribution in [1.29, 1.82) is 0 Å². The first-order valence-electron chi connectivity index (χ1n) is 5.80. The predicted molar refractivity (Wildman–Crippen MR) is 72.5 cm³/mol. The van der Waals surface area contributed by atoms with Gasteiger partial charge in [-0.25, -0.2) is 18.4 Å². The SMILES string of the molecule is CCCC(NC(=O)Nc1cc(F)c(Br)cc1F)C(=O)O. The molecular formula is C12H13BrF2N2O3. The van der Waals surface area contributed by atoms with E-state index in [2.05, 4.69) is 26.6 Å². The maximum atomic E-state index is 13.5. The molecule has 20 heavy (non-hydrogen) atoms. The molecule has 1 aromatic carbocycles. The number of carboxylic acids is 1.